The van der Waals surface area contributed by atoms with E-state index >= 15 is 0 Å². The van der Waals surface area contributed by atoms with E-state index in [1.807, 2.05) is 18.2 Å². The topological polar surface area (TPSA) is 68.3 Å². The van der Waals surface area contributed by atoms with Crippen LogP contribution in [0.5, 0.6) is 0 Å². The summed E-state index contributed by atoms with van der Waals surface area (Å²) in [5.74, 6) is -0.681. The average molecular weight is 256 g/mol. The molecule has 1 N–H and O–H groups in total. The SMILES string of the molecule is O=COC(=O)c1ccccc1NCc1ccccn1. The van der Waals surface area contributed by atoms with Crippen LogP contribution in [0.15, 0.2) is 48.7 Å². The molecule has 96 valence electrons. The smallest absolute Gasteiger partial charge is 0.347 e. The largest absolute Gasteiger partial charge is 0.392 e. The number of rotatable bonds is 5. The van der Waals surface area contributed by atoms with Crippen LogP contribution in [0.1, 0.15) is 16.1 Å². The molecule has 5 nitrogen and oxygen atoms in total. The van der Waals surface area contributed by atoms with E-state index in [1.165, 1.54) is 0 Å². The summed E-state index contributed by atoms with van der Waals surface area (Å²) in [6, 6.07) is 12.4. The van der Waals surface area contributed by atoms with E-state index in [0.717, 1.165) is 5.69 Å². The van der Waals surface area contributed by atoms with Gasteiger partial charge in [0.2, 0.25) is 0 Å². The standard InChI is InChI=1S/C14H12N2O3/c17-10-19-14(18)12-6-1-2-7-13(12)16-9-11-5-3-4-8-15-11/h1-8,10,16H,9H2. The van der Waals surface area contributed by atoms with Gasteiger partial charge in [0, 0.05) is 11.9 Å². The third-order valence-corrected chi connectivity index (χ3v) is 2.49. The molecule has 0 bridgehead atoms. The van der Waals surface area contributed by atoms with Gasteiger partial charge < -0.3 is 10.1 Å². The molecule has 0 aliphatic carbocycles. The van der Waals surface area contributed by atoms with Crippen molar-refractivity contribution in [2.24, 2.45) is 0 Å². The predicted octanol–water partition coefficient (Wildman–Crippen LogP) is 2.01. The fourth-order valence-electron chi connectivity index (χ4n) is 1.61. The van der Waals surface area contributed by atoms with Gasteiger partial charge in [0.15, 0.2) is 0 Å². The second kappa shape index (κ2) is 6.30. The van der Waals surface area contributed by atoms with Gasteiger partial charge >= 0.3 is 12.4 Å². The Bertz CT molecular complexity index is 570. The van der Waals surface area contributed by atoms with Gasteiger partial charge in [-0.1, -0.05) is 18.2 Å². The number of anilines is 1. The first kappa shape index (κ1) is 12.8. The molecule has 1 heterocycles. The Morgan fingerprint density at radius 1 is 1.21 bits per heavy atom. The molecule has 0 saturated heterocycles. The lowest BCUT2D eigenvalue weighted by molar-refractivity contribution is -0.123. The summed E-state index contributed by atoms with van der Waals surface area (Å²) in [5, 5.41) is 3.09. The molecule has 2 aromatic rings. The minimum absolute atomic E-state index is 0.123. The predicted molar refractivity (Wildman–Crippen MR) is 69.5 cm³/mol. The second-order valence-corrected chi connectivity index (χ2v) is 3.72. The Kier molecular flexibility index (Phi) is 4.23. The maximum Gasteiger partial charge on any atom is 0.347 e. The van der Waals surface area contributed by atoms with E-state index in [-0.39, 0.29) is 6.47 Å². The number of carbonyl (C=O) groups excluding carboxylic acids is 2. The molecule has 0 aliphatic rings. The Labute approximate surface area is 110 Å². The number of nitrogens with one attached hydrogen (secondary N) is 1. The van der Waals surface area contributed by atoms with Gasteiger partial charge in [-0.2, -0.15) is 0 Å². The van der Waals surface area contributed by atoms with Crippen LogP contribution in [0.2, 0.25) is 0 Å². The van der Waals surface area contributed by atoms with Crippen molar-refractivity contribution in [1.29, 1.82) is 0 Å². The van der Waals surface area contributed by atoms with Crippen molar-refractivity contribution in [3.05, 3.63) is 59.9 Å². The first-order valence-corrected chi connectivity index (χ1v) is 5.68. The van der Waals surface area contributed by atoms with Crippen LogP contribution in [0.3, 0.4) is 0 Å². The number of carbonyl (C=O) groups is 2. The zero-order chi connectivity index (χ0) is 13.5. The van der Waals surface area contributed by atoms with Crippen LogP contribution < -0.4 is 5.32 Å². The molecule has 0 radical (unpaired) electrons. The van der Waals surface area contributed by atoms with E-state index in [0.29, 0.717) is 17.8 Å². The first-order chi connectivity index (χ1) is 9.31. The second-order valence-electron chi connectivity index (χ2n) is 3.72. The molecular weight excluding hydrogens is 244 g/mol. The third-order valence-electron chi connectivity index (χ3n) is 2.49. The number of pyridine rings is 1. The maximum absolute atomic E-state index is 11.6. The fraction of sp³-hybridized carbons (Fsp3) is 0.0714. The molecule has 0 fully saturated rings. The van der Waals surface area contributed by atoms with Crippen molar-refractivity contribution in [3.63, 3.8) is 0 Å². The van der Waals surface area contributed by atoms with Gasteiger partial charge in [0.25, 0.3) is 0 Å². The van der Waals surface area contributed by atoms with E-state index in [4.69, 9.17) is 0 Å². The Hall–Kier alpha value is -2.69. The van der Waals surface area contributed by atoms with Crippen molar-refractivity contribution in [1.82, 2.24) is 4.98 Å². The van der Waals surface area contributed by atoms with E-state index in [2.05, 4.69) is 15.0 Å². The highest BCUT2D eigenvalue weighted by Gasteiger charge is 2.11. The van der Waals surface area contributed by atoms with Gasteiger partial charge in [-0.25, -0.2) is 4.79 Å². The lowest BCUT2D eigenvalue weighted by Gasteiger charge is -2.09. The highest BCUT2D eigenvalue weighted by atomic mass is 16.6. The highest BCUT2D eigenvalue weighted by Crippen LogP contribution is 2.16. The van der Waals surface area contributed by atoms with Gasteiger partial charge in [0.05, 0.1) is 17.8 Å². The van der Waals surface area contributed by atoms with Crippen molar-refractivity contribution in [2.45, 2.75) is 6.54 Å². The molecular formula is C14H12N2O3. The van der Waals surface area contributed by atoms with Gasteiger partial charge in [-0.3, -0.25) is 9.78 Å². The minimum atomic E-state index is -0.681. The van der Waals surface area contributed by atoms with E-state index in [1.54, 1.807) is 30.5 Å². The average Bonchev–Trinajstić information content (AvgIpc) is 2.47. The zero-order valence-electron chi connectivity index (χ0n) is 10.1. The van der Waals surface area contributed by atoms with Gasteiger partial charge in [0.1, 0.15) is 0 Å². The Morgan fingerprint density at radius 3 is 2.74 bits per heavy atom. The molecule has 2 rings (SSSR count). The molecule has 0 amide bonds. The number of para-hydroxylation sites is 1. The molecule has 0 aliphatic heterocycles. The highest BCUT2D eigenvalue weighted by molar-refractivity contribution is 5.98. The summed E-state index contributed by atoms with van der Waals surface area (Å²) in [6.07, 6.45) is 1.70. The van der Waals surface area contributed by atoms with Crippen LogP contribution in [0, 0.1) is 0 Å². The molecule has 0 saturated carbocycles. The lowest BCUT2D eigenvalue weighted by atomic mass is 10.2. The maximum atomic E-state index is 11.6. The lowest BCUT2D eigenvalue weighted by Crippen LogP contribution is -2.09. The summed E-state index contributed by atoms with van der Waals surface area (Å²) in [4.78, 5) is 25.9. The van der Waals surface area contributed by atoms with E-state index in [9.17, 15) is 9.59 Å². The molecule has 19 heavy (non-hydrogen) atoms. The zero-order valence-corrected chi connectivity index (χ0v) is 10.1. The summed E-state index contributed by atoms with van der Waals surface area (Å²) >= 11 is 0. The monoisotopic (exact) mass is 256 g/mol. The number of benzene rings is 1. The van der Waals surface area contributed by atoms with Crippen LogP contribution in [0.25, 0.3) is 0 Å². The van der Waals surface area contributed by atoms with E-state index < -0.39 is 5.97 Å². The number of esters is 1. The number of hydrogen-bond acceptors (Lipinski definition) is 5. The molecule has 0 unspecified atom stereocenters. The normalized spacial score (nSPS) is 9.68. The number of hydrogen-bond donors (Lipinski definition) is 1. The van der Waals surface area contributed by atoms with Gasteiger partial charge in [-0.05, 0) is 24.3 Å². The molecule has 5 heteroatoms. The third kappa shape index (κ3) is 3.38. The molecule has 0 atom stereocenters. The number of nitrogens with zero attached hydrogens (tertiary/aromatic N) is 1. The van der Waals surface area contributed by atoms with Crippen LogP contribution >= 0.6 is 0 Å². The van der Waals surface area contributed by atoms with Crippen molar-refractivity contribution >= 4 is 18.1 Å². The summed E-state index contributed by atoms with van der Waals surface area (Å²) in [7, 11) is 0. The number of aromatic nitrogens is 1. The molecule has 1 aromatic heterocycles. The molecule has 1 aromatic carbocycles. The minimum Gasteiger partial charge on any atom is -0.392 e. The summed E-state index contributed by atoms with van der Waals surface area (Å²) in [6.45, 7) is 0.601. The molecule has 0 spiro atoms. The first-order valence-electron chi connectivity index (χ1n) is 5.68. The van der Waals surface area contributed by atoms with Crippen LogP contribution in [-0.2, 0) is 16.1 Å². The Morgan fingerprint density at radius 2 is 2.00 bits per heavy atom. The van der Waals surface area contributed by atoms with Crippen molar-refractivity contribution < 1.29 is 14.3 Å². The quantitative estimate of drug-likeness (QED) is 0.503. The number of ether oxygens (including phenoxy) is 1. The van der Waals surface area contributed by atoms with Crippen molar-refractivity contribution in [3.8, 4) is 0 Å². The van der Waals surface area contributed by atoms with Crippen LogP contribution in [0.4, 0.5) is 5.69 Å². The fourth-order valence-corrected chi connectivity index (χ4v) is 1.61. The van der Waals surface area contributed by atoms with Crippen molar-refractivity contribution in [2.75, 3.05) is 5.32 Å². The Balaban J connectivity index is 2.12. The van der Waals surface area contributed by atoms with Gasteiger partial charge in [-0.15, -0.1) is 0 Å². The summed E-state index contributed by atoms with van der Waals surface area (Å²) in [5.41, 5.74) is 1.76. The van der Waals surface area contributed by atoms with Crippen LogP contribution in [-0.4, -0.2) is 17.4 Å². The summed E-state index contributed by atoms with van der Waals surface area (Å²) < 4.78 is 4.35.